The normalized spacial score (nSPS) is 30.3. The van der Waals surface area contributed by atoms with E-state index in [2.05, 4.69) is 48.8 Å². The average Bonchev–Trinajstić information content (AvgIpc) is 3.65. The minimum Gasteiger partial charge on any atom is -0.477 e. The summed E-state index contributed by atoms with van der Waals surface area (Å²) in [5, 5.41) is 135. The number of ether oxygens (including phenoxy) is 6. The van der Waals surface area contributed by atoms with E-state index in [0.29, 0.717) is 19.3 Å². The Hall–Kier alpha value is -2.79. The number of unbranched alkanes of at least 4 members (excludes halogenated alkanes) is 21. The lowest BCUT2D eigenvalue weighted by molar-refractivity contribution is -0.386. The van der Waals surface area contributed by atoms with Crippen molar-refractivity contribution < 1.29 is 104 Å². The van der Waals surface area contributed by atoms with Crippen LogP contribution in [0.5, 0.6) is 0 Å². The minimum absolute atomic E-state index is 0.218. The first kappa shape index (κ1) is 73.5. The molecule has 478 valence electrons. The molecular weight excluding hydrogens is 1070 g/mol. The predicted octanol–water partition coefficient (Wildman–Crippen LogP) is 2.94. The zero-order valence-corrected chi connectivity index (χ0v) is 49.1. The van der Waals surface area contributed by atoms with Gasteiger partial charge in [0.1, 0.15) is 67.1 Å². The number of hydrogen-bond acceptors (Lipinski definition) is 20. The molecule has 3 aliphatic rings. The summed E-state index contributed by atoms with van der Waals surface area (Å²) in [5.74, 6) is -6.11. The molecule has 3 saturated heterocycles. The molecule has 23 heteroatoms. The van der Waals surface area contributed by atoms with E-state index in [0.717, 1.165) is 71.1 Å². The second-order valence-electron chi connectivity index (χ2n) is 22.6. The first-order chi connectivity index (χ1) is 39.4. The second-order valence-corrected chi connectivity index (χ2v) is 22.6. The van der Waals surface area contributed by atoms with Crippen molar-refractivity contribution >= 4 is 17.8 Å². The number of carbonyl (C=O) groups is 3. The summed E-state index contributed by atoms with van der Waals surface area (Å²) in [4.78, 5) is 38.4. The summed E-state index contributed by atoms with van der Waals surface area (Å²) in [6, 6.07) is -2.53. The van der Waals surface area contributed by atoms with E-state index < -0.39 is 148 Å². The zero-order chi connectivity index (χ0) is 60.5. The van der Waals surface area contributed by atoms with Gasteiger partial charge in [-0.3, -0.25) is 9.59 Å². The fourth-order valence-electron chi connectivity index (χ4n) is 10.7. The van der Waals surface area contributed by atoms with Crippen LogP contribution in [0.15, 0.2) is 24.3 Å². The average molecular weight is 1180 g/mol. The van der Waals surface area contributed by atoms with Crippen LogP contribution in [0.1, 0.15) is 194 Å². The number of carboxylic acids is 1. The molecule has 18 atom stereocenters. The van der Waals surface area contributed by atoms with Gasteiger partial charge in [-0.2, -0.15) is 0 Å². The molecule has 0 spiro atoms. The van der Waals surface area contributed by atoms with Crippen molar-refractivity contribution in [3.05, 3.63) is 24.3 Å². The molecule has 23 nitrogen and oxygen atoms in total. The number of aliphatic hydroxyl groups excluding tert-OH is 11. The van der Waals surface area contributed by atoms with Crippen LogP contribution in [0.4, 0.5) is 0 Å². The topological polar surface area (TPSA) is 373 Å². The number of amides is 2. The Balaban J connectivity index is 1.62. The van der Waals surface area contributed by atoms with Gasteiger partial charge in [0.05, 0.1) is 50.7 Å². The van der Waals surface area contributed by atoms with Gasteiger partial charge < -0.3 is 100 Å². The summed E-state index contributed by atoms with van der Waals surface area (Å²) in [7, 11) is 0. The number of rotatable bonds is 44. The van der Waals surface area contributed by atoms with E-state index in [1.807, 2.05) is 0 Å². The second kappa shape index (κ2) is 41.3. The highest BCUT2D eigenvalue weighted by Gasteiger charge is 2.60. The Kier molecular flexibility index (Phi) is 37.0. The third-order valence-electron chi connectivity index (χ3n) is 15.7. The molecule has 3 heterocycles. The Labute approximate surface area is 485 Å². The smallest absolute Gasteiger partial charge is 0.364 e. The lowest BCUT2D eigenvalue weighted by atomic mass is 9.88. The molecule has 0 aromatic rings. The largest absolute Gasteiger partial charge is 0.477 e. The number of carbonyl (C=O) groups excluding carboxylic acids is 2. The van der Waals surface area contributed by atoms with Crippen LogP contribution < -0.4 is 10.6 Å². The lowest BCUT2D eigenvalue weighted by Gasteiger charge is -2.50. The van der Waals surface area contributed by atoms with Gasteiger partial charge in [-0.15, -0.1) is 0 Å². The summed E-state index contributed by atoms with van der Waals surface area (Å²) in [6.07, 6.45) is 6.51. The summed E-state index contributed by atoms with van der Waals surface area (Å²) in [6.45, 7) is 2.10. The quantitative estimate of drug-likeness (QED) is 0.0308. The molecule has 14 N–H and O–H groups in total. The highest BCUT2D eigenvalue weighted by molar-refractivity contribution is 5.77. The van der Waals surface area contributed by atoms with Crippen molar-refractivity contribution in [3.8, 4) is 0 Å². The van der Waals surface area contributed by atoms with Crippen molar-refractivity contribution in [2.75, 3.05) is 26.4 Å². The number of carboxylic acid groups (broad SMARTS) is 1. The van der Waals surface area contributed by atoms with E-state index in [4.69, 9.17) is 28.4 Å². The van der Waals surface area contributed by atoms with Crippen LogP contribution in [0.3, 0.4) is 0 Å². The highest BCUT2D eigenvalue weighted by atomic mass is 16.8. The van der Waals surface area contributed by atoms with Gasteiger partial charge in [0.15, 0.2) is 12.6 Å². The van der Waals surface area contributed by atoms with Crippen molar-refractivity contribution in [1.82, 2.24) is 10.6 Å². The van der Waals surface area contributed by atoms with Gasteiger partial charge in [-0.1, -0.05) is 160 Å². The molecule has 0 aromatic heterocycles. The SMILES string of the molecule is CCCCC/C=C\C=C/CCCCCCCCCCCCC(=O)NC(COC1OC(CO)C(OC2OC(CO)C(O)C(OC3(C(=O)O)CC(O)C(NC(C)=O)C(C(O)C(O)CO)O3)C2O)C(O)C1O)C(O)CCCCCCCCCCC. The number of allylic oxidation sites excluding steroid dienone is 4. The van der Waals surface area contributed by atoms with E-state index in [-0.39, 0.29) is 18.9 Å². The van der Waals surface area contributed by atoms with E-state index in [1.165, 1.54) is 77.0 Å². The molecule has 3 fully saturated rings. The number of aliphatic hydroxyl groups is 11. The van der Waals surface area contributed by atoms with Crippen molar-refractivity contribution in [2.45, 2.75) is 304 Å². The molecule has 0 saturated carbocycles. The van der Waals surface area contributed by atoms with E-state index in [9.17, 15) is 75.7 Å². The van der Waals surface area contributed by atoms with Crippen molar-refractivity contribution in [1.29, 1.82) is 0 Å². The third kappa shape index (κ3) is 25.3. The third-order valence-corrected chi connectivity index (χ3v) is 15.7. The van der Waals surface area contributed by atoms with E-state index in [1.54, 1.807) is 0 Å². The van der Waals surface area contributed by atoms with Gasteiger partial charge in [-0.05, 0) is 38.5 Å². The Bertz CT molecular complexity index is 1780. The van der Waals surface area contributed by atoms with Gasteiger partial charge in [0.25, 0.3) is 5.79 Å². The molecular formula is C59H106N2O21. The first-order valence-corrected chi connectivity index (χ1v) is 30.7. The number of hydrogen-bond donors (Lipinski definition) is 14. The first-order valence-electron chi connectivity index (χ1n) is 30.7. The van der Waals surface area contributed by atoms with E-state index >= 15 is 0 Å². The summed E-state index contributed by atoms with van der Waals surface area (Å²) >= 11 is 0. The van der Waals surface area contributed by atoms with Crippen molar-refractivity contribution in [3.63, 3.8) is 0 Å². The zero-order valence-electron chi connectivity index (χ0n) is 49.1. The fraction of sp³-hybridized carbons (Fsp3) is 0.881. The van der Waals surface area contributed by atoms with Gasteiger partial charge >= 0.3 is 5.97 Å². The molecule has 18 unspecified atom stereocenters. The molecule has 3 aliphatic heterocycles. The highest BCUT2D eigenvalue weighted by Crippen LogP contribution is 2.38. The summed E-state index contributed by atoms with van der Waals surface area (Å²) in [5.41, 5.74) is 0. The molecule has 0 aromatic carbocycles. The van der Waals surface area contributed by atoms with Crippen molar-refractivity contribution in [2.24, 2.45) is 0 Å². The lowest BCUT2D eigenvalue weighted by Crippen LogP contribution is -2.70. The molecule has 3 rings (SSSR count). The van der Waals surface area contributed by atoms with Crippen LogP contribution in [-0.2, 0) is 42.8 Å². The van der Waals surface area contributed by atoms with Crippen LogP contribution in [-0.4, -0.2) is 215 Å². The van der Waals surface area contributed by atoms with Crippen LogP contribution in [0.2, 0.25) is 0 Å². The maximum Gasteiger partial charge on any atom is 0.364 e. The number of nitrogens with one attached hydrogen (secondary N) is 2. The predicted molar refractivity (Wildman–Crippen MR) is 301 cm³/mol. The molecule has 0 bridgehead atoms. The van der Waals surface area contributed by atoms with Crippen LogP contribution >= 0.6 is 0 Å². The maximum absolute atomic E-state index is 13.4. The maximum atomic E-state index is 13.4. The van der Waals surface area contributed by atoms with Crippen LogP contribution in [0.25, 0.3) is 0 Å². The monoisotopic (exact) mass is 1180 g/mol. The minimum atomic E-state index is -3.08. The van der Waals surface area contributed by atoms with Gasteiger partial charge in [-0.25, -0.2) is 4.79 Å². The number of aliphatic carboxylic acids is 1. The molecule has 82 heavy (non-hydrogen) atoms. The van der Waals surface area contributed by atoms with Crippen LogP contribution in [0, 0.1) is 0 Å². The van der Waals surface area contributed by atoms with Gasteiger partial charge in [0, 0.05) is 19.8 Å². The Morgan fingerprint density at radius 2 is 1.16 bits per heavy atom. The standard InChI is InChI=1S/C59H106N2O21/c1-4-6-8-10-12-14-15-16-17-18-19-20-21-22-23-25-27-29-31-33-46(69)61-40(41(66)32-30-28-26-24-13-11-9-7-5-2)38-77-56-51(73)50(72)53(45(37-64)79-56)80-57-52(74)55(49(71)44(36-63)78-57)82-59(58(75)76)34-42(67)47(60-39(3)65)54(81-59)48(70)43(68)35-62/h12,14-16,40-45,47-57,62-64,66-68,70-74H,4-11,13,17-38H2,1-3H3,(H,60,65)(H,61,69)(H,75,76)/b14-12-,16-15-. The summed E-state index contributed by atoms with van der Waals surface area (Å²) < 4.78 is 34.7. The molecule has 0 radical (unpaired) electrons. The Morgan fingerprint density at radius 3 is 1.71 bits per heavy atom. The fourth-order valence-corrected chi connectivity index (χ4v) is 10.7. The Morgan fingerprint density at radius 1 is 0.634 bits per heavy atom. The molecule has 0 aliphatic carbocycles. The van der Waals surface area contributed by atoms with Gasteiger partial charge in [0.2, 0.25) is 11.8 Å². The molecule has 2 amide bonds.